The molecule has 0 aliphatic heterocycles. The van der Waals surface area contributed by atoms with Crippen LogP contribution in [0, 0.1) is 0 Å². The summed E-state index contributed by atoms with van der Waals surface area (Å²) in [4.78, 5) is 24.7. The Balaban J connectivity index is 1.09. The summed E-state index contributed by atoms with van der Waals surface area (Å²) >= 11 is 0. The summed E-state index contributed by atoms with van der Waals surface area (Å²) in [5, 5.41) is 6.36. The first-order chi connectivity index (χ1) is 25.3. The van der Waals surface area contributed by atoms with Crippen LogP contribution >= 0.6 is 0 Å². The molecule has 4 aromatic heterocycles. The Morgan fingerprint density at radius 1 is 0.373 bits per heavy atom. The summed E-state index contributed by atoms with van der Waals surface area (Å²) in [5.74, 6) is 1.90. The number of hydrogen-bond acceptors (Lipinski definition) is 6. The van der Waals surface area contributed by atoms with Gasteiger partial charge in [-0.3, -0.25) is 4.98 Å². The molecule has 0 fully saturated rings. The Morgan fingerprint density at radius 2 is 0.980 bits per heavy atom. The van der Waals surface area contributed by atoms with Crippen molar-refractivity contribution in [1.82, 2.24) is 24.9 Å². The van der Waals surface area contributed by atoms with E-state index in [-0.39, 0.29) is 0 Å². The molecule has 51 heavy (non-hydrogen) atoms. The van der Waals surface area contributed by atoms with Gasteiger partial charge in [-0.1, -0.05) is 127 Å². The van der Waals surface area contributed by atoms with Crippen LogP contribution in [0.4, 0.5) is 0 Å². The van der Waals surface area contributed by atoms with Gasteiger partial charge in [0.15, 0.2) is 17.5 Å². The van der Waals surface area contributed by atoms with Crippen LogP contribution in [0.15, 0.2) is 168 Å². The number of hydrogen-bond donors (Lipinski definition) is 0. The molecule has 0 unspecified atom stereocenters. The molecule has 10 rings (SSSR count). The lowest BCUT2D eigenvalue weighted by molar-refractivity contribution is 0.654. The van der Waals surface area contributed by atoms with Gasteiger partial charge in [0.2, 0.25) is 5.71 Å². The lowest BCUT2D eigenvalue weighted by atomic mass is 9.92. The smallest absolute Gasteiger partial charge is 0.227 e. The zero-order valence-corrected chi connectivity index (χ0v) is 27.2. The minimum absolute atomic E-state index is 0.612. The van der Waals surface area contributed by atoms with Gasteiger partial charge in [0.25, 0.3) is 0 Å². The van der Waals surface area contributed by atoms with E-state index in [2.05, 4.69) is 72.8 Å². The van der Waals surface area contributed by atoms with Crippen molar-refractivity contribution in [3.05, 3.63) is 164 Å². The first kappa shape index (κ1) is 28.9. The van der Waals surface area contributed by atoms with Gasteiger partial charge in [0.05, 0.1) is 11.4 Å². The van der Waals surface area contributed by atoms with E-state index in [9.17, 15) is 0 Å². The lowest BCUT2D eigenvalue weighted by Crippen LogP contribution is -2.00. The SMILES string of the molecule is c1ccc(-c2nc(-c3ccccc3)nc(-c3ccc(-c4cccc5cc(-c6ccc7c(n6)oc6ccccc67)ncc45)c4ccccc34)n2)cc1. The molecule has 6 heteroatoms. The third-order valence-electron chi connectivity index (χ3n) is 9.43. The largest absolute Gasteiger partial charge is 0.438 e. The van der Waals surface area contributed by atoms with Gasteiger partial charge in [0, 0.05) is 39.0 Å². The van der Waals surface area contributed by atoms with E-state index in [0.717, 1.165) is 77.1 Å². The molecule has 0 atom stereocenters. The summed E-state index contributed by atoms with van der Waals surface area (Å²) in [6.45, 7) is 0. The molecule has 0 amide bonds. The first-order valence-corrected chi connectivity index (χ1v) is 16.8. The second-order valence-electron chi connectivity index (χ2n) is 12.5. The van der Waals surface area contributed by atoms with Gasteiger partial charge in [-0.2, -0.15) is 0 Å². The van der Waals surface area contributed by atoms with Crippen molar-refractivity contribution in [2.24, 2.45) is 0 Å². The number of rotatable bonds is 5. The molecule has 6 nitrogen and oxygen atoms in total. The Kier molecular flexibility index (Phi) is 6.70. The molecule has 4 heterocycles. The fourth-order valence-corrected chi connectivity index (χ4v) is 6.95. The van der Waals surface area contributed by atoms with Crippen LogP contribution in [-0.4, -0.2) is 24.9 Å². The van der Waals surface area contributed by atoms with Crippen LogP contribution in [0.3, 0.4) is 0 Å². The van der Waals surface area contributed by atoms with Gasteiger partial charge in [-0.15, -0.1) is 0 Å². The van der Waals surface area contributed by atoms with Gasteiger partial charge >= 0.3 is 0 Å². The average molecular weight is 654 g/mol. The molecule has 238 valence electrons. The van der Waals surface area contributed by atoms with E-state index in [1.54, 1.807) is 0 Å². The Morgan fingerprint density at radius 3 is 1.73 bits per heavy atom. The molecule has 0 N–H and O–H groups in total. The number of para-hydroxylation sites is 1. The molecular formula is C45H27N5O. The number of pyridine rings is 2. The Hall–Kier alpha value is -7.05. The predicted octanol–water partition coefficient (Wildman–Crippen LogP) is 11.2. The minimum Gasteiger partial charge on any atom is -0.438 e. The van der Waals surface area contributed by atoms with Crippen molar-refractivity contribution in [3.8, 4) is 56.7 Å². The molecule has 10 aromatic rings. The van der Waals surface area contributed by atoms with Crippen molar-refractivity contribution in [1.29, 1.82) is 0 Å². The molecular weight excluding hydrogens is 627 g/mol. The van der Waals surface area contributed by atoms with Crippen LogP contribution in [-0.2, 0) is 0 Å². The van der Waals surface area contributed by atoms with Crippen LogP contribution in [0.25, 0.3) is 100 Å². The van der Waals surface area contributed by atoms with Crippen molar-refractivity contribution in [3.63, 3.8) is 0 Å². The second-order valence-corrected chi connectivity index (χ2v) is 12.5. The van der Waals surface area contributed by atoms with Gasteiger partial charge in [0.1, 0.15) is 5.58 Å². The third-order valence-corrected chi connectivity index (χ3v) is 9.43. The van der Waals surface area contributed by atoms with E-state index < -0.39 is 0 Å². The molecule has 0 saturated carbocycles. The van der Waals surface area contributed by atoms with Crippen LogP contribution < -0.4 is 0 Å². The van der Waals surface area contributed by atoms with Crippen molar-refractivity contribution >= 4 is 43.6 Å². The Bertz CT molecular complexity index is 2860. The number of nitrogens with zero attached hydrogens (tertiary/aromatic N) is 5. The summed E-state index contributed by atoms with van der Waals surface area (Å²) in [5.41, 5.74) is 8.03. The average Bonchev–Trinajstić information content (AvgIpc) is 3.58. The number of fused-ring (bicyclic) bond motifs is 5. The fourth-order valence-electron chi connectivity index (χ4n) is 6.95. The summed E-state index contributed by atoms with van der Waals surface area (Å²) < 4.78 is 6.07. The van der Waals surface area contributed by atoms with Gasteiger partial charge in [-0.25, -0.2) is 19.9 Å². The molecule has 0 radical (unpaired) electrons. The molecule has 0 saturated heterocycles. The molecule has 0 bridgehead atoms. The lowest BCUT2D eigenvalue weighted by Gasteiger charge is -2.14. The predicted molar refractivity (Wildman–Crippen MR) is 205 cm³/mol. The van der Waals surface area contributed by atoms with E-state index in [4.69, 9.17) is 29.3 Å². The highest BCUT2D eigenvalue weighted by Gasteiger charge is 2.17. The first-order valence-electron chi connectivity index (χ1n) is 16.8. The highest BCUT2D eigenvalue weighted by atomic mass is 16.3. The summed E-state index contributed by atoms with van der Waals surface area (Å²) in [7, 11) is 0. The van der Waals surface area contributed by atoms with E-state index in [1.165, 1.54) is 0 Å². The van der Waals surface area contributed by atoms with Crippen molar-refractivity contribution in [2.75, 3.05) is 0 Å². The second kappa shape index (κ2) is 11.8. The third kappa shape index (κ3) is 5.01. The van der Waals surface area contributed by atoms with Crippen molar-refractivity contribution < 1.29 is 4.42 Å². The van der Waals surface area contributed by atoms with Crippen LogP contribution in [0.2, 0.25) is 0 Å². The normalized spacial score (nSPS) is 11.5. The highest BCUT2D eigenvalue weighted by molar-refractivity contribution is 6.09. The number of aromatic nitrogens is 5. The number of benzene rings is 6. The van der Waals surface area contributed by atoms with E-state index in [1.807, 2.05) is 91.1 Å². The monoisotopic (exact) mass is 653 g/mol. The van der Waals surface area contributed by atoms with Gasteiger partial charge in [-0.05, 0) is 57.6 Å². The zero-order valence-electron chi connectivity index (χ0n) is 27.2. The fraction of sp³-hybridized carbons (Fsp3) is 0. The van der Waals surface area contributed by atoms with Crippen LogP contribution in [0.5, 0.6) is 0 Å². The Labute approximate surface area is 292 Å². The number of furan rings is 1. The maximum absolute atomic E-state index is 6.07. The van der Waals surface area contributed by atoms with E-state index >= 15 is 0 Å². The molecule has 0 spiro atoms. The standard InChI is InChI=1S/C45H27N5O/c1-3-12-28(13-4-1)42-48-43(29-14-5-2-6-15-29)50-44(49-42)36-23-22-34(31-17-7-8-18-32(31)36)33-20-11-16-30-26-40(46-27-38(30)33)39-25-24-37-35-19-9-10-21-41(35)51-45(37)47-39/h1-27H. The van der Waals surface area contributed by atoms with E-state index in [0.29, 0.717) is 23.2 Å². The zero-order chi connectivity index (χ0) is 33.7. The highest BCUT2D eigenvalue weighted by Crippen LogP contribution is 2.39. The minimum atomic E-state index is 0.612. The summed E-state index contributed by atoms with van der Waals surface area (Å²) in [6.07, 6.45) is 1.96. The molecule has 6 aromatic carbocycles. The molecule has 0 aliphatic rings. The van der Waals surface area contributed by atoms with Crippen LogP contribution in [0.1, 0.15) is 0 Å². The topological polar surface area (TPSA) is 77.6 Å². The quantitative estimate of drug-likeness (QED) is 0.184. The molecule has 0 aliphatic carbocycles. The van der Waals surface area contributed by atoms with Gasteiger partial charge < -0.3 is 4.42 Å². The maximum Gasteiger partial charge on any atom is 0.227 e. The maximum atomic E-state index is 6.07. The summed E-state index contributed by atoms with van der Waals surface area (Å²) in [6, 6.07) is 53.5. The van der Waals surface area contributed by atoms with Crippen molar-refractivity contribution in [2.45, 2.75) is 0 Å².